The lowest BCUT2D eigenvalue weighted by Crippen LogP contribution is -2.40. The second-order valence-corrected chi connectivity index (χ2v) is 9.45. The fraction of sp³-hybridized carbons (Fsp3) is 0.591. The number of methoxy groups -OCH3 is 1. The maximum Gasteiger partial charge on any atom is 0.233 e. The zero-order valence-electron chi connectivity index (χ0n) is 17.9. The van der Waals surface area contributed by atoms with Gasteiger partial charge >= 0.3 is 0 Å². The minimum atomic E-state index is -0.212. The first-order valence-electron chi connectivity index (χ1n) is 10.5. The summed E-state index contributed by atoms with van der Waals surface area (Å²) in [5, 5.41) is 12.7. The second kappa shape index (κ2) is 10.1. The summed E-state index contributed by atoms with van der Waals surface area (Å²) in [5.41, 5.74) is 0.991. The molecule has 1 atom stereocenters. The summed E-state index contributed by atoms with van der Waals surface area (Å²) in [4.78, 5) is 12.7. The monoisotopic (exact) mass is 416 g/mol. The van der Waals surface area contributed by atoms with Gasteiger partial charge < -0.3 is 14.6 Å². The average Bonchev–Trinajstić information content (AvgIpc) is 3.10. The zero-order valence-corrected chi connectivity index (χ0v) is 18.7. The fourth-order valence-electron chi connectivity index (χ4n) is 3.64. The Morgan fingerprint density at radius 2 is 1.86 bits per heavy atom. The van der Waals surface area contributed by atoms with E-state index in [1.54, 1.807) is 7.11 Å². The number of carbonyl (C=O) groups excluding carboxylic acids is 1. The molecule has 2 aromatic rings. The Bertz CT molecular complexity index is 798. The molecule has 1 aliphatic rings. The molecule has 6 nitrogen and oxygen atoms in total. The number of benzene rings is 1. The number of rotatable bonds is 8. The topological polar surface area (TPSA) is 69.0 Å². The Hall–Kier alpha value is -2.02. The van der Waals surface area contributed by atoms with Gasteiger partial charge in [-0.05, 0) is 49.9 Å². The Balaban J connectivity index is 1.75. The molecule has 0 radical (unpaired) electrons. The number of nitrogens with one attached hydrogen (secondary N) is 1. The summed E-state index contributed by atoms with van der Waals surface area (Å²) in [5.74, 6) is 2.16. The zero-order chi connectivity index (χ0) is 20.8. The lowest BCUT2D eigenvalue weighted by molar-refractivity contribution is -0.121. The number of carbonyl (C=O) groups is 1. The van der Waals surface area contributed by atoms with Crippen molar-refractivity contribution in [3.63, 3.8) is 0 Å². The number of ether oxygens (including phenoxy) is 1. The van der Waals surface area contributed by atoms with Gasteiger partial charge in [-0.25, -0.2) is 0 Å². The van der Waals surface area contributed by atoms with Crippen LogP contribution in [0.4, 0.5) is 0 Å². The van der Waals surface area contributed by atoms with Crippen LogP contribution < -0.4 is 10.1 Å². The van der Waals surface area contributed by atoms with Crippen LogP contribution in [0.1, 0.15) is 52.9 Å². The first-order valence-corrected chi connectivity index (χ1v) is 11.4. The van der Waals surface area contributed by atoms with Gasteiger partial charge in [0.1, 0.15) is 5.75 Å². The van der Waals surface area contributed by atoms with E-state index in [9.17, 15) is 4.79 Å². The Morgan fingerprint density at radius 3 is 2.48 bits per heavy atom. The highest BCUT2D eigenvalue weighted by atomic mass is 32.2. The fourth-order valence-corrected chi connectivity index (χ4v) is 4.50. The number of amides is 1. The second-order valence-electron chi connectivity index (χ2n) is 8.14. The lowest BCUT2D eigenvalue weighted by atomic mass is 9.95. The number of hydrogen-bond donors (Lipinski definition) is 1. The third kappa shape index (κ3) is 5.75. The van der Waals surface area contributed by atoms with E-state index < -0.39 is 0 Å². The van der Waals surface area contributed by atoms with E-state index in [1.807, 2.05) is 31.2 Å². The summed E-state index contributed by atoms with van der Waals surface area (Å²) < 4.78 is 7.38. The molecule has 1 heterocycles. The van der Waals surface area contributed by atoms with Gasteiger partial charge in [-0.3, -0.25) is 4.79 Å². The number of thioether (sulfide) groups is 1. The first-order chi connectivity index (χ1) is 14.0. The van der Waals surface area contributed by atoms with E-state index in [1.165, 1.54) is 31.0 Å². The van der Waals surface area contributed by atoms with Gasteiger partial charge in [0, 0.05) is 18.2 Å². The quantitative estimate of drug-likeness (QED) is 0.640. The highest BCUT2D eigenvalue weighted by molar-refractivity contribution is 8.00. The van der Waals surface area contributed by atoms with Gasteiger partial charge in [0.05, 0.1) is 12.4 Å². The van der Waals surface area contributed by atoms with Crippen LogP contribution in [-0.2, 0) is 11.3 Å². The molecule has 0 spiro atoms. The predicted molar refractivity (Wildman–Crippen MR) is 117 cm³/mol. The van der Waals surface area contributed by atoms with E-state index >= 15 is 0 Å². The summed E-state index contributed by atoms with van der Waals surface area (Å²) in [6.07, 6.45) is 5.88. The predicted octanol–water partition coefficient (Wildman–Crippen LogP) is 4.54. The van der Waals surface area contributed by atoms with E-state index in [2.05, 4.69) is 33.9 Å². The normalized spacial score (nSPS) is 16.0. The molecule has 1 amide bonds. The van der Waals surface area contributed by atoms with Crippen molar-refractivity contribution < 1.29 is 9.53 Å². The smallest absolute Gasteiger partial charge is 0.233 e. The standard InChI is InChI=1S/C22H32N4O2S/c1-15(2)14-26-20(17-10-12-19(28-4)13-11-17)24-25-22(26)29-16(3)21(27)23-18-8-6-5-7-9-18/h10-13,15-16,18H,5-9,14H2,1-4H3,(H,23,27)/t16-/m1/s1. The number of nitrogens with zero attached hydrogens (tertiary/aromatic N) is 3. The highest BCUT2D eigenvalue weighted by Crippen LogP contribution is 2.29. The first kappa shape index (κ1) is 21.7. The van der Waals surface area contributed by atoms with Gasteiger partial charge in [0.2, 0.25) is 5.91 Å². The molecule has 0 saturated heterocycles. The average molecular weight is 417 g/mol. The van der Waals surface area contributed by atoms with Crippen LogP contribution in [0.5, 0.6) is 5.75 Å². The van der Waals surface area contributed by atoms with E-state index in [0.717, 1.165) is 41.7 Å². The molecule has 1 fully saturated rings. The molecular formula is C22H32N4O2S. The third-order valence-corrected chi connectivity index (χ3v) is 6.30. The molecule has 158 valence electrons. The van der Waals surface area contributed by atoms with Crippen LogP contribution in [0.25, 0.3) is 11.4 Å². The number of hydrogen-bond acceptors (Lipinski definition) is 5. The van der Waals surface area contributed by atoms with E-state index in [-0.39, 0.29) is 11.2 Å². The Labute approximate surface area is 177 Å². The van der Waals surface area contributed by atoms with E-state index in [0.29, 0.717) is 12.0 Å². The van der Waals surface area contributed by atoms with Crippen LogP contribution in [0, 0.1) is 5.92 Å². The molecule has 0 bridgehead atoms. The maximum absolute atomic E-state index is 12.7. The molecule has 3 rings (SSSR count). The van der Waals surface area contributed by atoms with Gasteiger partial charge in [-0.2, -0.15) is 0 Å². The maximum atomic E-state index is 12.7. The van der Waals surface area contributed by atoms with Crippen molar-refractivity contribution in [2.75, 3.05) is 7.11 Å². The molecular weight excluding hydrogens is 384 g/mol. The van der Waals surface area contributed by atoms with Crippen molar-refractivity contribution in [1.82, 2.24) is 20.1 Å². The molecule has 1 aromatic carbocycles. The van der Waals surface area contributed by atoms with Crippen LogP contribution in [0.15, 0.2) is 29.4 Å². The van der Waals surface area contributed by atoms with Crippen molar-refractivity contribution in [2.24, 2.45) is 5.92 Å². The van der Waals surface area contributed by atoms with Gasteiger partial charge in [-0.1, -0.05) is 44.9 Å². The highest BCUT2D eigenvalue weighted by Gasteiger charge is 2.24. The molecule has 1 N–H and O–H groups in total. The largest absolute Gasteiger partial charge is 0.497 e. The molecule has 1 aromatic heterocycles. The van der Waals surface area contributed by atoms with Gasteiger partial charge in [0.25, 0.3) is 0 Å². The van der Waals surface area contributed by atoms with Crippen molar-refractivity contribution in [3.8, 4) is 17.1 Å². The minimum absolute atomic E-state index is 0.0898. The summed E-state index contributed by atoms with van der Waals surface area (Å²) in [6, 6.07) is 8.16. The molecule has 1 saturated carbocycles. The Morgan fingerprint density at radius 1 is 1.17 bits per heavy atom. The van der Waals surface area contributed by atoms with Crippen molar-refractivity contribution in [3.05, 3.63) is 24.3 Å². The lowest BCUT2D eigenvalue weighted by Gasteiger charge is -2.24. The molecule has 0 unspecified atom stereocenters. The van der Waals surface area contributed by atoms with Crippen molar-refractivity contribution in [1.29, 1.82) is 0 Å². The minimum Gasteiger partial charge on any atom is -0.497 e. The van der Waals surface area contributed by atoms with Crippen molar-refractivity contribution >= 4 is 17.7 Å². The van der Waals surface area contributed by atoms with E-state index in [4.69, 9.17) is 4.74 Å². The van der Waals surface area contributed by atoms with Gasteiger partial charge in [-0.15, -0.1) is 10.2 Å². The van der Waals surface area contributed by atoms with Crippen LogP contribution in [0.3, 0.4) is 0 Å². The SMILES string of the molecule is COc1ccc(-c2nnc(S[C@H](C)C(=O)NC3CCCCC3)n2CC(C)C)cc1. The molecule has 29 heavy (non-hydrogen) atoms. The third-order valence-electron chi connectivity index (χ3n) is 5.22. The number of aromatic nitrogens is 3. The summed E-state index contributed by atoms with van der Waals surface area (Å²) >= 11 is 1.48. The summed E-state index contributed by atoms with van der Waals surface area (Å²) in [7, 11) is 1.66. The molecule has 0 aliphatic heterocycles. The molecule has 1 aliphatic carbocycles. The summed E-state index contributed by atoms with van der Waals surface area (Å²) in [6.45, 7) is 7.09. The molecule has 7 heteroatoms. The Kier molecular flexibility index (Phi) is 7.58. The van der Waals surface area contributed by atoms with Crippen LogP contribution in [0.2, 0.25) is 0 Å². The van der Waals surface area contributed by atoms with Gasteiger partial charge in [0.15, 0.2) is 11.0 Å². The van der Waals surface area contributed by atoms with Crippen LogP contribution >= 0.6 is 11.8 Å². The van der Waals surface area contributed by atoms with Crippen LogP contribution in [-0.4, -0.2) is 39.1 Å². The van der Waals surface area contributed by atoms with Crippen molar-refractivity contribution in [2.45, 2.75) is 75.9 Å².